The van der Waals surface area contributed by atoms with Gasteiger partial charge in [0.05, 0.1) is 19.8 Å². The van der Waals surface area contributed by atoms with E-state index in [1.807, 2.05) is 57.2 Å². The van der Waals surface area contributed by atoms with Crippen molar-refractivity contribution < 1.29 is 28.2 Å². The van der Waals surface area contributed by atoms with Crippen LogP contribution in [0, 0.1) is 0 Å². The average molecular weight is 542 g/mol. The highest BCUT2D eigenvalue weighted by atomic mass is 28.4. The van der Waals surface area contributed by atoms with Crippen molar-refractivity contribution in [2.24, 2.45) is 0 Å². The second-order valence-electron chi connectivity index (χ2n) is 12.0. The van der Waals surface area contributed by atoms with Crippen LogP contribution in [0.15, 0.2) is 60.7 Å². The molecule has 2 atom stereocenters. The summed E-state index contributed by atoms with van der Waals surface area (Å²) in [5.74, 6) is -0.434. The van der Waals surface area contributed by atoms with Gasteiger partial charge in [-0.15, -0.1) is 0 Å². The van der Waals surface area contributed by atoms with Gasteiger partial charge in [-0.1, -0.05) is 81.4 Å². The van der Waals surface area contributed by atoms with Crippen molar-refractivity contribution in [1.29, 1.82) is 0 Å². The van der Waals surface area contributed by atoms with Crippen LogP contribution in [0.1, 0.15) is 60.8 Å². The molecule has 7 nitrogen and oxygen atoms in total. The lowest BCUT2D eigenvalue weighted by molar-refractivity contribution is -0.165. The van der Waals surface area contributed by atoms with Crippen molar-refractivity contribution in [2.45, 2.75) is 83.1 Å². The molecule has 2 aromatic carbocycles. The zero-order valence-corrected chi connectivity index (χ0v) is 24.8. The van der Waals surface area contributed by atoms with Gasteiger partial charge in [0.25, 0.3) is 8.32 Å². The first-order valence-electron chi connectivity index (χ1n) is 13.3. The number of amides is 1. The van der Waals surface area contributed by atoms with E-state index >= 15 is 0 Å². The summed E-state index contributed by atoms with van der Waals surface area (Å²) in [6, 6.07) is 20.1. The summed E-state index contributed by atoms with van der Waals surface area (Å²) in [7, 11) is -1.51. The number of nitrogens with one attached hydrogen (secondary N) is 1. The summed E-state index contributed by atoms with van der Waals surface area (Å²) in [5, 5.41) is 5.01. The number of benzene rings is 2. The number of esters is 1. The first-order valence-corrected chi connectivity index (χ1v) is 15.2. The summed E-state index contributed by atoms with van der Waals surface area (Å²) >= 11 is 0. The molecule has 0 bridgehead atoms. The Morgan fingerprint density at radius 3 is 1.95 bits per heavy atom. The van der Waals surface area contributed by atoms with Gasteiger partial charge in [-0.05, 0) is 49.0 Å². The topological polar surface area (TPSA) is 83.1 Å². The van der Waals surface area contributed by atoms with E-state index < -0.39 is 37.6 Å². The van der Waals surface area contributed by atoms with Crippen molar-refractivity contribution in [3.63, 3.8) is 0 Å². The molecule has 3 rings (SSSR count). The van der Waals surface area contributed by atoms with Crippen LogP contribution in [0.3, 0.4) is 0 Å². The number of carbonyl (C=O) groups excluding carboxylic acids is 2. The molecule has 1 amide bonds. The van der Waals surface area contributed by atoms with Crippen molar-refractivity contribution in [3.8, 4) is 0 Å². The molecular formula is C30H43NO6Si. The number of ether oxygens (including phenoxy) is 3. The molecule has 8 heteroatoms. The molecule has 208 valence electrons. The fraction of sp³-hybridized carbons (Fsp3) is 0.533. The van der Waals surface area contributed by atoms with E-state index in [0.29, 0.717) is 13.0 Å². The van der Waals surface area contributed by atoms with E-state index in [2.05, 4.69) is 50.4 Å². The highest BCUT2D eigenvalue weighted by molar-refractivity contribution is 6.99. The molecule has 0 radical (unpaired) electrons. The maximum absolute atomic E-state index is 12.9. The minimum atomic E-state index is -2.87. The van der Waals surface area contributed by atoms with Crippen molar-refractivity contribution in [3.05, 3.63) is 60.7 Å². The molecule has 1 saturated heterocycles. The minimum absolute atomic E-state index is 0.175. The summed E-state index contributed by atoms with van der Waals surface area (Å²) in [6.07, 6.45) is 0.915. The SMILES string of the molecule is COC(=O)[C@@]1(C[C@@H](CO[Si](c2ccccc2)(c2ccccc2)C(C)(C)C)NC(=O)OC(C)(C)C)CCCO1. The van der Waals surface area contributed by atoms with Crippen LogP contribution in [0.4, 0.5) is 4.79 Å². The number of alkyl carbamates (subject to hydrolysis) is 1. The third-order valence-electron chi connectivity index (χ3n) is 6.88. The molecule has 0 unspecified atom stereocenters. The van der Waals surface area contributed by atoms with E-state index in [0.717, 1.165) is 16.8 Å². The zero-order valence-electron chi connectivity index (χ0n) is 23.8. The van der Waals surface area contributed by atoms with E-state index in [-0.39, 0.29) is 18.1 Å². The highest BCUT2D eigenvalue weighted by Crippen LogP contribution is 2.38. The van der Waals surface area contributed by atoms with Gasteiger partial charge in [-0.3, -0.25) is 0 Å². The second kappa shape index (κ2) is 12.0. The van der Waals surface area contributed by atoms with Crippen LogP contribution < -0.4 is 15.7 Å². The van der Waals surface area contributed by atoms with Gasteiger partial charge in [0.1, 0.15) is 5.60 Å². The van der Waals surface area contributed by atoms with Crippen LogP contribution >= 0.6 is 0 Å². The van der Waals surface area contributed by atoms with Crippen molar-refractivity contribution >= 4 is 30.8 Å². The maximum Gasteiger partial charge on any atom is 0.407 e. The van der Waals surface area contributed by atoms with E-state index in [9.17, 15) is 9.59 Å². The Bertz CT molecular complexity index is 1020. The van der Waals surface area contributed by atoms with Gasteiger partial charge in [-0.2, -0.15) is 0 Å². The lowest BCUT2D eigenvalue weighted by Gasteiger charge is -2.44. The van der Waals surface area contributed by atoms with Crippen LogP contribution in [-0.2, 0) is 23.4 Å². The van der Waals surface area contributed by atoms with Gasteiger partial charge in [0.15, 0.2) is 5.60 Å². The molecule has 0 saturated carbocycles. The lowest BCUT2D eigenvalue weighted by atomic mass is 9.92. The molecule has 0 aliphatic carbocycles. The van der Waals surface area contributed by atoms with Crippen molar-refractivity contribution in [2.75, 3.05) is 20.3 Å². The molecule has 1 fully saturated rings. The Balaban J connectivity index is 2.02. The van der Waals surface area contributed by atoms with Gasteiger partial charge >= 0.3 is 12.1 Å². The Hall–Kier alpha value is -2.68. The molecule has 1 heterocycles. The molecular weight excluding hydrogens is 498 g/mol. The van der Waals surface area contributed by atoms with E-state index in [1.165, 1.54) is 7.11 Å². The highest BCUT2D eigenvalue weighted by Gasteiger charge is 2.51. The molecule has 1 aliphatic heterocycles. The normalized spacial score (nSPS) is 19.0. The van der Waals surface area contributed by atoms with Crippen LogP contribution in [0.25, 0.3) is 0 Å². The van der Waals surface area contributed by atoms with E-state index in [1.54, 1.807) is 0 Å². The third-order valence-corrected chi connectivity index (χ3v) is 11.9. The fourth-order valence-electron chi connectivity index (χ4n) is 5.30. The van der Waals surface area contributed by atoms with Crippen LogP contribution in [0.5, 0.6) is 0 Å². The third kappa shape index (κ3) is 6.84. The number of carbonyl (C=O) groups is 2. The summed E-state index contributed by atoms with van der Waals surface area (Å²) < 4.78 is 23.7. The first kappa shape index (κ1) is 29.9. The standard InChI is InChI=1S/C30H43NO6Si/c1-28(2,3)37-27(33)31-23(21-30(26(32)34-7)19-14-20-35-30)22-36-38(29(4,5)6,24-15-10-8-11-16-24)25-17-12-9-13-18-25/h8-13,15-18,23H,14,19-22H2,1-7H3,(H,31,33)/t23-,30-/m0/s1. The van der Waals surface area contributed by atoms with Gasteiger partial charge < -0.3 is 24.0 Å². The van der Waals surface area contributed by atoms with E-state index in [4.69, 9.17) is 18.6 Å². The monoisotopic (exact) mass is 541 g/mol. The molecule has 1 aliphatic rings. The predicted molar refractivity (Wildman–Crippen MR) is 151 cm³/mol. The summed E-state index contributed by atoms with van der Waals surface area (Å²) in [6.45, 7) is 12.7. The number of methoxy groups -OCH3 is 1. The Morgan fingerprint density at radius 2 is 1.53 bits per heavy atom. The van der Waals surface area contributed by atoms with Crippen LogP contribution in [-0.4, -0.2) is 57.9 Å². The lowest BCUT2D eigenvalue weighted by Crippen LogP contribution is -2.67. The quantitative estimate of drug-likeness (QED) is 0.370. The largest absolute Gasteiger partial charge is 0.467 e. The minimum Gasteiger partial charge on any atom is -0.467 e. The molecule has 38 heavy (non-hydrogen) atoms. The predicted octanol–water partition coefficient (Wildman–Crippen LogP) is 4.57. The first-order chi connectivity index (χ1) is 17.8. The molecule has 2 aromatic rings. The number of hydrogen-bond acceptors (Lipinski definition) is 6. The number of hydrogen-bond donors (Lipinski definition) is 1. The molecule has 0 aromatic heterocycles. The second-order valence-corrected chi connectivity index (χ2v) is 16.3. The zero-order chi connectivity index (χ0) is 28.0. The Kier molecular flexibility index (Phi) is 9.44. The summed E-state index contributed by atoms with van der Waals surface area (Å²) in [4.78, 5) is 25.8. The smallest absolute Gasteiger partial charge is 0.407 e. The Morgan fingerprint density at radius 1 is 0.974 bits per heavy atom. The fourth-order valence-corrected chi connectivity index (χ4v) is 9.91. The molecule has 0 spiro atoms. The summed E-state index contributed by atoms with van der Waals surface area (Å²) in [5.41, 5.74) is -1.80. The number of rotatable bonds is 9. The molecule has 1 N–H and O–H groups in total. The van der Waals surface area contributed by atoms with Crippen molar-refractivity contribution in [1.82, 2.24) is 5.32 Å². The van der Waals surface area contributed by atoms with Crippen LogP contribution in [0.2, 0.25) is 5.04 Å². The van der Waals surface area contributed by atoms with Gasteiger partial charge in [0, 0.05) is 13.0 Å². The average Bonchev–Trinajstić information content (AvgIpc) is 3.32. The van der Waals surface area contributed by atoms with Gasteiger partial charge in [0.2, 0.25) is 0 Å². The maximum atomic E-state index is 12.9. The van der Waals surface area contributed by atoms with Gasteiger partial charge in [-0.25, -0.2) is 9.59 Å². The Labute approximate surface area is 228 Å².